The molecule has 2 N–H and O–H groups in total. The number of carbonyl (C=O) groups is 1. The fourth-order valence-corrected chi connectivity index (χ4v) is 2.74. The number of aliphatic hydroxyl groups is 1. The predicted molar refractivity (Wildman–Crippen MR) is 112 cm³/mol. The molecule has 0 aliphatic heterocycles. The summed E-state index contributed by atoms with van der Waals surface area (Å²) in [5, 5.41) is 14.0. The van der Waals surface area contributed by atoms with E-state index in [1.54, 1.807) is 24.3 Å². The van der Waals surface area contributed by atoms with Gasteiger partial charge in [-0.1, -0.05) is 70.5 Å². The number of aliphatic hydroxyl groups excluding tert-OH is 1. The van der Waals surface area contributed by atoms with Crippen LogP contribution in [0.5, 0.6) is 5.75 Å². The summed E-state index contributed by atoms with van der Waals surface area (Å²) < 4.78 is 6.88. The van der Waals surface area contributed by atoms with E-state index >= 15 is 0 Å². The van der Waals surface area contributed by atoms with Crippen molar-refractivity contribution in [2.75, 3.05) is 0 Å². The summed E-state index contributed by atoms with van der Waals surface area (Å²) >= 11 is 3.41. The molecule has 0 heterocycles. The number of benzene rings is 3. The molecule has 3 rings (SSSR count). The van der Waals surface area contributed by atoms with Crippen LogP contribution in [0.25, 0.3) is 0 Å². The summed E-state index contributed by atoms with van der Waals surface area (Å²) in [6, 6.07) is 24.0. The van der Waals surface area contributed by atoms with Gasteiger partial charge in [-0.2, -0.15) is 5.10 Å². The largest absolute Gasteiger partial charge is 0.488 e. The highest BCUT2D eigenvalue weighted by molar-refractivity contribution is 9.10. The molecule has 0 radical (unpaired) electrons. The molecule has 1 atom stereocenters. The van der Waals surface area contributed by atoms with Crippen molar-refractivity contribution < 1.29 is 14.6 Å². The number of amides is 1. The van der Waals surface area contributed by atoms with Crippen LogP contribution >= 0.6 is 15.9 Å². The molecule has 6 heteroatoms. The Bertz CT molecular complexity index is 944. The van der Waals surface area contributed by atoms with Crippen molar-refractivity contribution in [2.24, 2.45) is 5.10 Å². The number of hydrogen-bond acceptors (Lipinski definition) is 4. The average molecular weight is 439 g/mol. The molecule has 0 unspecified atom stereocenters. The van der Waals surface area contributed by atoms with Gasteiger partial charge < -0.3 is 9.84 Å². The summed E-state index contributed by atoms with van der Waals surface area (Å²) in [5.41, 5.74) is 4.62. The first kappa shape index (κ1) is 19.8. The van der Waals surface area contributed by atoms with E-state index in [9.17, 15) is 9.90 Å². The highest BCUT2D eigenvalue weighted by Gasteiger charge is 2.16. The molecular formula is C22H19BrN2O3. The number of hydrogen-bond donors (Lipinski definition) is 2. The Kier molecular flexibility index (Phi) is 6.94. The first-order valence-electron chi connectivity index (χ1n) is 8.65. The number of rotatable bonds is 7. The van der Waals surface area contributed by atoms with Gasteiger partial charge in [0.1, 0.15) is 12.4 Å². The van der Waals surface area contributed by atoms with Gasteiger partial charge >= 0.3 is 0 Å². The molecule has 0 spiro atoms. The van der Waals surface area contributed by atoms with Crippen molar-refractivity contribution in [3.63, 3.8) is 0 Å². The van der Waals surface area contributed by atoms with Gasteiger partial charge in [-0.25, -0.2) is 5.43 Å². The van der Waals surface area contributed by atoms with Crippen LogP contribution in [0.15, 0.2) is 88.4 Å². The second-order valence-electron chi connectivity index (χ2n) is 6.00. The smallest absolute Gasteiger partial charge is 0.273 e. The molecule has 5 nitrogen and oxygen atoms in total. The molecule has 0 aromatic heterocycles. The lowest BCUT2D eigenvalue weighted by Gasteiger charge is -2.10. The summed E-state index contributed by atoms with van der Waals surface area (Å²) in [4.78, 5) is 12.0. The van der Waals surface area contributed by atoms with Crippen LogP contribution < -0.4 is 10.2 Å². The van der Waals surface area contributed by atoms with E-state index in [1.165, 1.54) is 6.21 Å². The van der Waals surface area contributed by atoms with Gasteiger partial charge in [-0.3, -0.25) is 4.79 Å². The Hall–Kier alpha value is -2.96. The molecule has 0 bridgehead atoms. The first-order chi connectivity index (χ1) is 13.6. The number of carbonyl (C=O) groups excluding carboxylic acids is 1. The van der Waals surface area contributed by atoms with E-state index in [4.69, 9.17) is 4.74 Å². The van der Waals surface area contributed by atoms with Gasteiger partial charge in [-0.05, 0) is 35.4 Å². The average Bonchev–Trinajstić information content (AvgIpc) is 2.74. The maximum Gasteiger partial charge on any atom is 0.273 e. The predicted octanol–water partition coefficient (Wildman–Crippen LogP) is 4.21. The van der Waals surface area contributed by atoms with Crippen molar-refractivity contribution >= 4 is 28.1 Å². The van der Waals surface area contributed by atoms with E-state index in [-0.39, 0.29) is 0 Å². The normalized spacial score (nSPS) is 11.9. The van der Waals surface area contributed by atoms with E-state index in [0.717, 1.165) is 10.0 Å². The summed E-state index contributed by atoms with van der Waals surface area (Å²) in [6.07, 6.45) is 0.217. The van der Waals surface area contributed by atoms with Crippen LogP contribution in [-0.4, -0.2) is 17.2 Å². The zero-order valence-electron chi connectivity index (χ0n) is 15.0. The molecule has 0 aliphatic rings. The van der Waals surface area contributed by atoms with Crippen molar-refractivity contribution in [3.05, 3.63) is 100 Å². The maximum absolute atomic E-state index is 12.0. The minimum Gasteiger partial charge on any atom is -0.488 e. The van der Waals surface area contributed by atoms with E-state index < -0.39 is 12.0 Å². The van der Waals surface area contributed by atoms with Gasteiger partial charge in [0.25, 0.3) is 5.91 Å². The Morgan fingerprint density at radius 3 is 2.46 bits per heavy atom. The highest BCUT2D eigenvalue weighted by atomic mass is 79.9. The molecule has 0 saturated carbocycles. The molecule has 28 heavy (non-hydrogen) atoms. The van der Waals surface area contributed by atoms with Gasteiger partial charge in [-0.15, -0.1) is 0 Å². The lowest BCUT2D eigenvalue weighted by Crippen LogP contribution is -2.25. The zero-order valence-corrected chi connectivity index (χ0v) is 16.5. The van der Waals surface area contributed by atoms with E-state index in [1.807, 2.05) is 54.6 Å². The Morgan fingerprint density at radius 1 is 1.04 bits per heavy atom. The highest BCUT2D eigenvalue weighted by Crippen LogP contribution is 2.19. The van der Waals surface area contributed by atoms with Crippen LogP contribution in [0.3, 0.4) is 0 Å². The fourth-order valence-electron chi connectivity index (χ4n) is 2.47. The van der Waals surface area contributed by atoms with Crippen molar-refractivity contribution in [3.8, 4) is 5.75 Å². The van der Waals surface area contributed by atoms with Gasteiger partial charge in [0, 0.05) is 10.0 Å². The first-order valence-corrected chi connectivity index (χ1v) is 9.45. The van der Waals surface area contributed by atoms with Gasteiger partial charge in [0.05, 0.1) is 6.21 Å². The van der Waals surface area contributed by atoms with Gasteiger partial charge in [0.2, 0.25) is 0 Å². The molecule has 3 aromatic rings. The van der Waals surface area contributed by atoms with Crippen molar-refractivity contribution in [1.82, 2.24) is 5.43 Å². The van der Waals surface area contributed by atoms with E-state index in [0.29, 0.717) is 23.5 Å². The summed E-state index contributed by atoms with van der Waals surface area (Å²) in [6.45, 7) is 0.414. The molecule has 3 aromatic carbocycles. The molecule has 0 saturated heterocycles. The van der Waals surface area contributed by atoms with Gasteiger partial charge in [0.15, 0.2) is 6.10 Å². The molecule has 0 fully saturated rings. The number of hydrazone groups is 1. The minimum absolute atomic E-state index is 0.414. The topological polar surface area (TPSA) is 70.9 Å². The standard InChI is InChI=1S/C22H19BrN2O3/c23-19-12-10-16(11-13-19)15-28-20-9-5-4-8-18(20)14-24-25-22(27)21(26)17-6-2-1-3-7-17/h1-14,21,26H,15H2,(H,25,27)/b24-14-/t21-/m1/s1. The third-order valence-electron chi connectivity index (χ3n) is 3.97. The third kappa shape index (κ3) is 5.52. The van der Waals surface area contributed by atoms with Crippen LogP contribution in [-0.2, 0) is 11.4 Å². The minimum atomic E-state index is -1.28. The summed E-state index contributed by atoms with van der Waals surface area (Å²) in [5.74, 6) is 0.0442. The molecular weight excluding hydrogens is 420 g/mol. The Morgan fingerprint density at radius 2 is 1.71 bits per heavy atom. The van der Waals surface area contributed by atoms with Crippen LogP contribution in [0, 0.1) is 0 Å². The second kappa shape index (κ2) is 9.82. The quantitative estimate of drug-likeness (QED) is 0.428. The Labute approximate surface area is 171 Å². The number of para-hydroxylation sites is 1. The number of nitrogens with one attached hydrogen (secondary N) is 1. The summed E-state index contributed by atoms with van der Waals surface area (Å²) in [7, 11) is 0. The fraction of sp³-hybridized carbons (Fsp3) is 0.0909. The van der Waals surface area contributed by atoms with Crippen molar-refractivity contribution in [1.29, 1.82) is 0 Å². The lowest BCUT2D eigenvalue weighted by molar-refractivity contribution is -0.129. The third-order valence-corrected chi connectivity index (χ3v) is 4.50. The van der Waals surface area contributed by atoms with Crippen molar-refractivity contribution in [2.45, 2.75) is 12.7 Å². The lowest BCUT2D eigenvalue weighted by atomic mass is 10.1. The molecule has 1 amide bonds. The van der Waals surface area contributed by atoms with Crippen LogP contribution in [0.4, 0.5) is 0 Å². The number of ether oxygens (including phenoxy) is 1. The Balaban J connectivity index is 1.61. The number of nitrogens with zero attached hydrogens (tertiary/aromatic N) is 1. The molecule has 0 aliphatic carbocycles. The zero-order chi connectivity index (χ0) is 19.8. The monoisotopic (exact) mass is 438 g/mol. The number of halogens is 1. The second-order valence-corrected chi connectivity index (χ2v) is 6.92. The van der Waals surface area contributed by atoms with Crippen LogP contribution in [0.1, 0.15) is 22.8 Å². The SMILES string of the molecule is O=C(N/N=C\c1ccccc1OCc1ccc(Br)cc1)[C@H](O)c1ccccc1. The van der Waals surface area contributed by atoms with E-state index in [2.05, 4.69) is 26.5 Å². The maximum atomic E-state index is 12.0. The molecule has 142 valence electrons. The van der Waals surface area contributed by atoms with Crippen LogP contribution in [0.2, 0.25) is 0 Å².